The van der Waals surface area contributed by atoms with Gasteiger partial charge in [0.1, 0.15) is 18.2 Å². The molecule has 42 heavy (non-hydrogen) atoms. The zero-order chi connectivity index (χ0) is 29.2. The molecule has 0 radical (unpaired) electrons. The van der Waals surface area contributed by atoms with Crippen LogP contribution in [0, 0.1) is 5.82 Å². The lowest BCUT2D eigenvalue weighted by atomic mass is 9.93. The number of pyridine rings is 1. The predicted molar refractivity (Wildman–Crippen MR) is 153 cm³/mol. The molecular weight excluding hydrogens is 539 g/mol. The zero-order valence-electron chi connectivity index (χ0n) is 23.5. The average molecular weight is 573 g/mol. The first-order valence-electron chi connectivity index (χ1n) is 14.3. The summed E-state index contributed by atoms with van der Waals surface area (Å²) >= 11 is 0. The van der Waals surface area contributed by atoms with Gasteiger partial charge in [-0.15, -0.1) is 0 Å². The van der Waals surface area contributed by atoms with Gasteiger partial charge >= 0.3 is 5.97 Å². The van der Waals surface area contributed by atoms with Crippen molar-refractivity contribution in [1.82, 2.24) is 19.4 Å². The minimum Gasteiger partial charge on any atom is -0.478 e. The van der Waals surface area contributed by atoms with Crippen LogP contribution >= 0.6 is 0 Å². The Kier molecular flexibility index (Phi) is 7.99. The Morgan fingerprint density at radius 2 is 1.83 bits per heavy atom. The summed E-state index contributed by atoms with van der Waals surface area (Å²) in [5.74, 6) is 0.0278. The van der Waals surface area contributed by atoms with E-state index < -0.39 is 11.8 Å². The van der Waals surface area contributed by atoms with E-state index in [1.165, 1.54) is 13.0 Å². The molecule has 0 amide bonds. The lowest BCUT2D eigenvalue weighted by Gasteiger charge is -2.32. The van der Waals surface area contributed by atoms with Gasteiger partial charge in [0, 0.05) is 35.4 Å². The van der Waals surface area contributed by atoms with Crippen molar-refractivity contribution in [2.75, 3.05) is 19.7 Å². The van der Waals surface area contributed by atoms with Crippen molar-refractivity contribution in [1.29, 1.82) is 0 Å². The molecule has 2 fully saturated rings. The van der Waals surface area contributed by atoms with Crippen molar-refractivity contribution >= 4 is 22.8 Å². The van der Waals surface area contributed by atoms with Crippen LogP contribution in [0.1, 0.15) is 69.9 Å². The smallest absolute Gasteiger partial charge is 0.335 e. The lowest BCUT2D eigenvalue weighted by Crippen LogP contribution is -2.35. The zero-order valence-corrected chi connectivity index (χ0v) is 23.5. The lowest BCUT2D eigenvalue weighted by molar-refractivity contribution is -0.0592. The number of carboxylic acids is 1. The molecule has 0 spiro atoms. The molecule has 2 aromatic heterocycles. The number of piperidine rings is 1. The Balaban J connectivity index is 1.09. The maximum atomic E-state index is 14.4. The van der Waals surface area contributed by atoms with E-state index in [1.807, 2.05) is 12.1 Å². The number of fused-ring (bicyclic) bond motifs is 1. The van der Waals surface area contributed by atoms with E-state index in [4.69, 9.17) is 19.4 Å². The number of halogens is 1. The molecule has 1 atom stereocenters. The van der Waals surface area contributed by atoms with E-state index in [-0.39, 0.29) is 30.0 Å². The highest BCUT2D eigenvalue weighted by molar-refractivity contribution is 5.94. The molecule has 4 heterocycles. The molecule has 9 nitrogen and oxygen atoms in total. The Hall–Kier alpha value is -4.15. The summed E-state index contributed by atoms with van der Waals surface area (Å²) < 4.78 is 28.0. The number of aromatic carboxylic acids is 1. The van der Waals surface area contributed by atoms with Crippen molar-refractivity contribution < 1.29 is 28.6 Å². The molecule has 0 aliphatic carbocycles. The van der Waals surface area contributed by atoms with Gasteiger partial charge in [0.15, 0.2) is 5.78 Å². The number of ether oxygens (including phenoxy) is 2. The number of nitrogens with zero attached hydrogens (tertiary/aromatic N) is 4. The van der Waals surface area contributed by atoms with Crippen LogP contribution in [0.2, 0.25) is 0 Å². The van der Waals surface area contributed by atoms with Gasteiger partial charge in [-0.2, -0.15) is 0 Å². The van der Waals surface area contributed by atoms with E-state index in [2.05, 4.69) is 9.47 Å². The third-order valence-electron chi connectivity index (χ3n) is 8.20. The highest BCUT2D eigenvalue weighted by atomic mass is 19.1. The van der Waals surface area contributed by atoms with Crippen molar-refractivity contribution in [2.45, 2.75) is 57.9 Å². The number of aromatic nitrogens is 3. The van der Waals surface area contributed by atoms with Crippen LogP contribution in [0.4, 0.5) is 4.39 Å². The molecule has 0 saturated carbocycles. The van der Waals surface area contributed by atoms with Crippen LogP contribution < -0.4 is 4.74 Å². The first-order chi connectivity index (χ1) is 20.3. The highest BCUT2D eigenvalue weighted by Crippen LogP contribution is 2.30. The molecule has 6 rings (SSSR count). The Morgan fingerprint density at radius 3 is 2.52 bits per heavy atom. The molecule has 1 N–H and O–H groups in total. The number of ketones is 1. The summed E-state index contributed by atoms with van der Waals surface area (Å²) in [5, 5.41) is 9.50. The van der Waals surface area contributed by atoms with E-state index in [1.54, 1.807) is 36.4 Å². The maximum Gasteiger partial charge on any atom is 0.335 e. The highest BCUT2D eigenvalue weighted by Gasteiger charge is 2.26. The fourth-order valence-electron chi connectivity index (χ4n) is 5.62. The summed E-state index contributed by atoms with van der Waals surface area (Å²) in [6.45, 7) is 5.26. The number of benzene rings is 2. The third-order valence-corrected chi connectivity index (χ3v) is 8.20. The SMILES string of the molecule is CC(=O)c1ccc(COc2cccc(C3CCN(Cc4nc5ccc(C(=O)O)cc5n4C[C@@H]4CCO4)CC3)n2)c(F)c1. The van der Waals surface area contributed by atoms with Gasteiger partial charge < -0.3 is 19.1 Å². The largest absolute Gasteiger partial charge is 0.478 e. The summed E-state index contributed by atoms with van der Waals surface area (Å²) in [6.07, 6.45) is 2.96. The molecule has 4 aromatic rings. The van der Waals surface area contributed by atoms with Crippen molar-refractivity contribution in [3.05, 3.63) is 88.6 Å². The van der Waals surface area contributed by atoms with Gasteiger partial charge in [0.05, 0.1) is 35.8 Å². The Bertz CT molecular complexity index is 1620. The van der Waals surface area contributed by atoms with Gasteiger partial charge in [-0.25, -0.2) is 19.2 Å². The first kappa shape index (κ1) is 28.0. The quantitative estimate of drug-likeness (QED) is 0.258. The number of likely N-dealkylation sites (tertiary alicyclic amines) is 1. The van der Waals surface area contributed by atoms with Crippen LogP contribution in [0.5, 0.6) is 5.88 Å². The van der Waals surface area contributed by atoms with Crippen molar-refractivity contribution in [3.63, 3.8) is 0 Å². The predicted octanol–water partition coefficient (Wildman–Crippen LogP) is 5.22. The van der Waals surface area contributed by atoms with E-state index in [0.717, 1.165) is 61.5 Å². The van der Waals surface area contributed by atoms with Crippen LogP contribution in [-0.2, 0) is 24.4 Å². The molecule has 10 heteroatoms. The number of hydrogen-bond acceptors (Lipinski definition) is 7. The number of Topliss-reactive ketones (excluding diaryl/α,β-unsaturated/α-hetero) is 1. The molecule has 2 saturated heterocycles. The van der Waals surface area contributed by atoms with Crippen LogP contribution in [0.15, 0.2) is 54.6 Å². The molecular formula is C32H33FN4O5. The fourth-order valence-corrected chi connectivity index (χ4v) is 5.62. The normalized spacial score (nSPS) is 17.7. The molecule has 218 valence electrons. The maximum absolute atomic E-state index is 14.4. The molecule has 2 aliphatic heterocycles. The fraction of sp³-hybridized carbons (Fsp3) is 0.375. The first-order valence-corrected chi connectivity index (χ1v) is 14.3. The number of carbonyl (C=O) groups excluding carboxylic acids is 1. The standard InChI is InChI=1S/C32H33FN4O5/c1-20(38)22-5-6-24(26(33)15-22)19-42-31-4-2-3-27(35-31)21-9-12-36(13-10-21)18-30-34-28-8-7-23(32(39)40)16-29(28)37(30)17-25-11-14-41-25/h2-8,15-16,21,25H,9-14,17-19H2,1H3,(H,39,40)/t25-/m0/s1. The molecule has 0 unspecified atom stereocenters. The number of imidazole rings is 1. The van der Waals surface area contributed by atoms with Crippen LogP contribution in [0.3, 0.4) is 0 Å². The summed E-state index contributed by atoms with van der Waals surface area (Å²) in [6, 6.07) is 15.2. The van der Waals surface area contributed by atoms with Crippen molar-refractivity contribution in [3.8, 4) is 5.88 Å². The number of hydrogen-bond donors (Lipinski definition) is 1. The van der Waals surface area contributed by atoms with Crippen LogP contribution in [0.25, 0.3) is 11.0 Å². The third kappa shape index (κ3) is 6.05. The van der Waals surface area contributed by atoms with Gasteiger partial charge in [-0.3, -0.25) is 9.69 Å². The average Bonchev–Trinajstić information content (AvgIpc) is 3.30. The van der Waals surface area contributed by atoms with Gasteiger partial charge in [0.2, 0.25) is 5.88 Å². The molecule has 2 aliphatic rings. The monoisotopic (exact) mass is 572 g/mol. The van der Waals surface area contributed by atoms with E-state index in [9.17, 15) is 19.1 Å². The minimum atomic E-state index is -0.952. The van der Waals surface area contributed by atoms with E-state index in [0.29, 0.717) is 30.1 Å². The van der Waals surface area contributed by atoms with Gasteiger partial charge in [0.25, 0.3) is 0 Å². The minimum absolute atomic E-state index is 0.0276. The number of rotatable bonds is 10. The van der Waals surface area contributed by atoms with Crippen molar-refractivity contribution in [2.24, 2.45) is 0 Å². The van der Waals surface area contributed by atoms with Gasteiger partial charge in [-0.05, 0) is 69.6 Å². The van der Waals surface area contributed by atoms with Crippen LogP contribution in [-0.4, -0.2) is 62.1 Å². The summed E-state index contributed by atoms with van der Waals surface area (Å²) in [7, 11) is 0. The second-order valence-corrected chi connectivity index (χ2v) is 11.0. The Morgan fingerprint density at radius 1 is 1.05 bits per heavy atom. The summed E-state index contributed by atoms with van der Waals surface area (Å²) in [5.41, 5.74) is 3.52. The molecule has 2 aromatic carbocycles. The number of carbonyl (C=O) groups is 2. The second kappa shape index (κ2) is 12.0. The summed E-state index contributed by atoms with van der Waals surface area (Å²) in [4.78, 5) is 35.0. The Labute approximate surface area is 242 Å². The topological polar surface area (TPSA) is 107 Å². The van der Waals surface area contributed by atoms with Gasteiger partial charge in [-0.1, -0.05) is 18.2 Å². The van der Waals surface area contributed by atoms with E-state index >= 15 is 0 Å². The number of carboxylic acid groups (broad SMARTS) is 1. The molecule has 0 bridgehead atoms. The second-order valence-electron chi connectivity index (χ2n) is 11.0.